The zero-order chi connectivity index (χ0) is 9.30. The van der Waals surface area contributed by atoms with E-state index in [1.165, 1.54) is 0 Å². The summed E-state index contributed by atoms with van der Waals surface area (Å²) in [6, 6.07) is -0.817. The molecule has 0 aromatic heterocycles. The molecule has 0 bridgehead atoms. The van der Waals surface area contributed by atoms with Crippen LogP contribution in [0.5, 0.6) is 0 Å². The smallest absolute Gasteiger partial charge is 0.0978 e. The Labute approximate surface area is 70.4 Å². The van der Waals surface area contributed by atoms with Gasteiger partial charge in [-0.1, -0.05) is 0 Å². The molecule has 0 aliphatic heterocycles. The lowest BCUT2D eigenvalue weighted by molar-refractivity contribution is -0.106. The van der Waals surface area contributed by atoms with E-state index in [1.54, 1.807) is 0 Å². The zero-order valence-corrected chi connectivity index (χ0v) is 6.67. The fraction of sp³-hybridized carbons (Fsp3) is 1.00. The first-order chi connectivity index (χ1) is 5.57. The summed E-state index contributed by atoms with van der Waals surface area (Å²) < 4.78 is 0. The molecule has 1 saturated carbocycles. The Kier molecular flexibility index (Phi) is 3.03. The highest BCUT2D eigenvalue weighted by Gasteiger charge is 2.40. The van der Waals surface area contributed by atoms with E-state index in [0.717, 1.165) is 0 Å². The maximum Gasteiger partial charge on any atom is 0.0978 e. The second-order valence-corrected chi connectivity index (χ2v) is 3.30. The van der Waals surface area contributed by atoms with Crippen molar-refractivity contribution < 1.29 is 20.4 Å². The van der Waals surface area contributed by atoms with E-state index in [2.05, 4.69) is 0 Å². The van der Waals surface area contributed by atoms with Crippen molar-refractivity contribution in [2.45, 2.75) is 30.8 Å². The van der Waals surface area contributed by atoms with Gasteiger partial charge in [0.05, 0.1) is 24.4 Å². The van der Waals surface area contributed by atoms with Crippen LogP contribution in [0, 0.1) is 5.92 Å². The van der Waals surface area contributed by atoms with Crippen molar-refractivity contribution in [3.63, 3.8) is 0 Å². The Morgan fingerprint density at radius 1 is 1.17 bits per heavy atom. The van der Waals surface area contributed by atoms with E-state index in [9.17, 15) is 15.3 Å². The fourth-order valence-corrected chi connectivity index (χ4v) is 1.52. The van der Waals surface area contributed by atoms with Crippen LogP contribution in [0.4, 0.5) is 0 Å². The maximum absolute atomic E-state index is 9.32. The predicted molar refractivity (Wildman–Crippen MR) is 41.2 cm³/mol. The molecule has 5 heteroatoms. The van der Waals surface area contributed by atoms with Crippen molar-refractivity contribution in [1.82, 2.24) is 0 Å². The standard InChI is InChI=1S/C7H15NO4/c8-5-4(10)1-3(2-9)6(11)7(5)12/h3-7,9-12H,1-2,8H2/t3-,4+,5+,6+,7-/m1/s1. The van der Waals surface area contributed by atoms with Gasteiger partial charge in [-0.25, -0.2) is 0 Å². The van der Waals surface area contributed by atoms with Crippen molar-refractivity contribution in [2.75, 3.05) is 6.61 Å². The topological polar surface area (TPSA) is 107 Å². The summed E-state index contributed by atoms with van der Waals surface area (Å²) in [4.78, 5) is 0. The van der Waals surface area contributed by atoms with E-state index < -0.39 is 30.3 Å². The largest absolute Gasteiger partial charge is 0.396 e. The highest BCUT2D eigenvalue weighted by molar-refractivity contribution is 4.94. The Bertz CT molecular complexity index is 150. The average Bonchev–Trinajstić information content (AvgIpc) is 2.08. The summed E-state index contributed by atoms with van der Waals surface area (Å²) in [5.41, 5.74) is 5.39. The average molecular weight is 177 g/mol. The van der Waals surface area contributed by atoms with Gasteiger partial charge in [0.1, 0.15) is 0 Å². The molecule has 5 atom stereocenters. The van der Waals surface area contributed by atoms with Crippen LogP contribution in [0.2, 0.25) is 0 Å². The summed E-state index contributed by atoms with van der Waals surface area (Å²) in [7, 11) is 0. The highest BCUT2D eigenvalue weighted by atomic mass is 16.3. The first kappa shape index (κ1) is 9.88. The summed E-state index contributed by atoms with van der Waals surface area (Å²) >= 11 is 0. The van der Waals surface area contributed by atoms with Gasteiger partial charge in [-0.05, 0) is 6.42 Å². The van der Waals surface area contributed by atoms with Gasteiger partial charge in [0.2, 0.25) is 0 Å². The van der Waals surface area contributed by atoms with E-state index in [0.29, 0.717) is 0 Å². The van der Waals surface area contributed by atoms with Gasteiger partial charge in [0.25, 0.3) is 0 Å². The van der Waals surface area contributed by atoms with Gasteiger partial charge < -0.3 is 26.2 Å². The molecule has 6 N–H and O–H groups in total. The SMILES string of the molecule is N[C@@H]1[C@@H](O)[C@@H](O)[C@@H](CO)C[C@@H]1O. The highest BCUT2D eigenvalue weighted by Crippen LogP contribution is 2.24. The summed E-state index contributed by atoms with van der Waals surface area (Å²) in [6.07, 6.45) is -2.80. The molecule has 1 aliphatic carbocycles. The first-order valence-electron chi connectivity index (χ1n) is 3.98. The molecule has 1 rings (SSSR count). The van der Waals surface area contributed by atoms with Gasteiger partial charge in [-0.2, -0.15) is 0 Å². The van der Waals surface area contributed by atoms with Gasteiger partial charge >= 0.3 is 0 Å². The van der Waals surface area contributed by atoms with Crippen molar-refractivity contribution in [3.05, 3.63) is 0 Å². The van der Waals surface area contributed by atoms with E-state index in [-0.39, 0.29) is 13.0 Å². The summed E-state index contributed by atoms with van der Waals surface area (Å²) in [5, 5.41) is 36.6. The van der Waals surface area contributed by atoms with Crippen LogP contribution in [0.15, 0.2) is 0 Å². The molecule has 0 aromatic rings. The molecular formula is C7H15NO4. The second-order valence-electron chi connectivity index (χ2n) is 3.30. The van der Waals surface area contributed by atoms with Crippen LogP contribution < -0.4 is 5.73 Å². The molecule has 0 unspecified atom stereocenters. The molecule has 12 heavy (non-hydrogen) atoms. The first-order valence-corrected chi connectivity index (χ1v) is 3.98. The van der Waals surface area contributed by atoms with E-state index in [4.69, 9.17) is 10.8 Å². The Hall–Kier alpha value is -0.200. The Balaban J connectivity index is 2.63. The number of aliphatic hydroxyl groups excluding tert-OH is 4. The lowest BCUT2D eigenvalue weighted by Gasteiger charge is -2.38. The monoisotopic (exact) mass is 177 g/mol. The normalized spacial score (nSPS) is 49.2. The third-order valence-corrected chi connectivity index (χ3v) is 2.45. The number of hydrogen-bond donors (Lipinski definition) is 5. The number of aliphatic hydroxyl groups is 4. The third kappa shape index (κ3) is 1.60. The van der Waals surface area contributed by atoms with Crippen LogP contribution in [0.25, 0.3) is 0 Å². The molecule has 0 heterocycles. The lowest BCUT2D eigenvalue weighted by Crippen LogP contribution is -2.58. The zero-order valence-electron chi connectivity index (χ0n) is 6.67. The minimum absolute atomic E-state index is 0.232. The fourth-order valence-electron chi connectivity index (χ4n) is 1.52. The molecule has 72 valence electrons. The minimum atomic E-state index is -1.15. The van der Waals surface area contributed by atoms with Crippen LogP contribution in [0.1, 0.15) is 6.42 Å². The molecule has 1 aliphatic rings. The van der Waals surface area contributed by atoms with Crippen LogP contribution in [0.3, 0.4) is 0 Å². The molecule has 0 amide bonds. The lowest BCUT2D eigenvalue weighted by atomic mass is 9.80. The van der Waals surface area contributed by atoms with Gasteiger partial charge in [-0.3, -0.25) is 0 Å². The van der Waals surface area contributed by atoms with Crippen molar-refractivity contribution in [1.29, 1.82) is 0 Å². The van der Waals surface area contributed by atoms with Gasteiger partial charge in [0.15, 0.2) is 0 Å². The predicted octanol–water partition coefficient (Wildman–Crippen LogP) is -2.59. The number of hydrogen-bond acceptors (Lipinski definition) is 5. The van der Waals surface area contributed by atoms with Crippen LogP contribution in [-0.4, -0.2) is 51.4 Å². The van der Waals surface area contributed by atoms with Crippen LogP contribution in [-0.2, 0) is 0 Å². The molecular weight excluding hydrogens is 162 g/mol. The van der Waals surface area contributed by atoms with E-state index >= 15 is 0 Å². The van der Waals surface area contributed by atoms with Crippen molar-refractivity contribution in [2.24, 2.45) is 11.7 Å². The molecule has 0 spiro atoms. The molecule has 0 aromatic carbocycles. The second kappa shape index (κ2) is 3.68. The Morgan fingerprint density at radius 3 is 2.25 bits per heavy atom. The number of nitrogens with two attached hydrogens (primary N) is 1. The third-order valence-electron chi connectivity index (χ3n) is 2.45. The van der Waals surface area contributed by atoms with Gasteiger partial charge in [0, 0.05) is 12.5 Å². The Morgan fingerprint density at radius 2 is 1.75 bits per heavy atom. The van der Waals surface area contributed by atoms with Crippen LogP contribution >= 0.6 is 0 Å². The minimum Gasteiger partial charge on any atom is -0.396 e. The molecule has 0 saturated heterocycles. The summed E-state index contributed by atoms with van der Waals surface area (Å²) in [6.45, 7) is -0.248. The van der Waals surface area contributed by atoms with Gasteiger partial charge in [-0.15, -0.1) is 0 Å². The van der Waals surface area contributed by atoms with Crippen molar-refractivity contribution >= 4 is 0 Å². The quantitative estimate of drug-likeness (QED) is 0.302. The number of rotatable bonds is 1. The molecule has 5 nitrogen and oxygen atoms in total. The maximum atomic E-state index is 9.32. The molecule has 0 radical (unpaired) electrons. The summed E-state index contributed by atoms with van der Waals surface area (Å²) in [5.74, 6) is -0.477. The van der Waals surface area contributed by atoms with Crippen molar-refractivity contribution in [3.8, 4) is 0 Å². The van der Waals surface area contributed by atoms with E-state index in [1.807, 2.05) is 0 Å². The molecule has 1 fully saturated rings.